The highest BCUT2D eigenvalue weighted by molar-refractivity contribution is 5.94. The Kier molecular flexibility index (Phi) is 3.19. The van der Waals surface area contributed by atoms with Crippen LogP contribution in [0.1, 0.15) is 10.6 Å². The molecular weight excluding hydrogens is 192 g/mol. The number of rotatable bonds is 4. The standard InChI is InChI=1S/C7H8N2O5/c10-3-4(7(12)13)9-6(11)5-1-2-8-14-5/h1-2,4,10H,3H2,(H,9,11)(H,12,13). The number of aliphatic hydroxyl groups is 1. The third kappa shape index (κ3) is 2.30. The zero-order valence-corrected chi connectivity index (χ0v) is 7.01. The summed E-state index contributed by atoms with van der Waals surface area (Å²) in [7, 11) is 0. The molecule has 0 fully saturated rings. The lowest BCUT2D eigenvalue weighted by Crippen LogP contribution is -2.43. The van der Waals surface area contributed by atoms with Gasteiger partial charge in [-0.15, -0.1) is 0 Å². The highest BCUT2D eigenvalue weighted by Gasteiger charge is 2.20. The molecule has 0 bridgehead atoms. The highest BCUT2D eigenvalue weighted by atomic mass is 16.5. The van der Waals surface area contributed by atoms with Crippen molar-refractivity contribution in [2.75, 3.05) is 6.61 Å². The zero-order valence-electron chi connectivity index (χ0n) is 7.01. The molecule has 0 saturated carbocycles. The summed E-state index contributed by atoms with van der Waals surface area (Å²) >= 11 is 0. The molecule has 1 unspecified atom stereocenters. The molecule has 1 amide bonds. The lowest BCUT2D eigenvalue weighted by molar-refractivity contribution is -0.140. The van der Waals surface area contributed by atoms with E-state index in [0.29, 0.717) is 0 Å². The van der Waals surface area contributed by atoms with E-state index in [9.17, 15) is 9.59 Å². The number of nitrogens with one attached hydrogen (secondary N) is 1. The second kappa shape index (κ2) is 4.38. The van der Waals surface area contributed by atoms with E-state index in [4.69, 9.17) is 10.2 Å². The number of hydrogen-bond donors (Lipinski definition) is 3. The first kappa shape index (κ1) is 10.2. The number of aromatic nitrogens is 1. The van der Waals surface area contributed by atoms with E-state index in [2.05, 4.69) is 9.68 Å². The lowest BCUT2D eigenvalue weighted by Gasteiger charge is -2.09. The van der Waals surface area contributed by atoms with Crippen LogP contribution in [0.25, 0.3) is 0 Å². The normalized spacial score (nSPS) is 12.1. The summed E-state index contributed by atoms with van der Waals surface area (Å²) < 4.78 is 4.48. The van der Waals surface area contributed by atoms with Gasteiger partial charge in [0.05, 0.1) is 12.8 Å². The van der Waals surface area contributed by atoms with Crippen molar-refractivity contribution in [3.05, 3.63) is 18.0 Å². The zero-order chi connectivity index (χ0) is 10.6. The van der Waals surface area contributed by atoms with Crippen molar-refractivity contribution in [2.24, 2.45) is 0 Å². The first-order valence-corrected chi connectivity index (χ1v) is 3.70. The molecule has 0 radical (unpaired) electrons. The Morgan fingerprint density at radius 1 is 1.64 bits per heavy atom. The Bertz CT molecular complexity index is 321. The number of aliphatic hydroxyl groups excluding tert-OH is 1. The molecular formula is C7H8N2O5. The van der Waals surface area contributed by atoms with Gasteiger partial charge in [0.2, 0.25) is 5.76 Å². The summed E-state index contributed by atoms with van der Waals surface area (Å²) in [6, 6.07) is -0.0568. The third-order valence-electron chi connectivity index (χ3n) is 1.45. The van der Waals surface area contributed by atoms with Gasteiger partial charge in [0, 0.05) is 6.07 Å². The fraction of sp³-hybridized carbons (Fsp3) is 0.286. The monoisotopic (exact) mass is 200 g/mol. The molecule has 0 spiro atoms. The first-order valence-electron chi connectivity index (χ1n) is 3.70. The van der Waals surface area contributed by atoms with Crippen LogP contribution in [-0.2, 0) is 4.79 Å². The van der Waals surface area contributed by atoms with Crippen LogP contribution in [0, 0.1) is 0 Å². The second-order valence-electron chi connectivity index (χ2n) is 2.42. The predicted molar refractivity (Wildman–Crippen MR) is 42.5 cm³/mol. The van der Waals surface area contributed by atoms with Crippen molar-refractivity contribution in [3.63, 3.8) is 0 Å². The van der Waals surface area contributed by atoms with Gasteiger partial charge in [-0.25, -0.2) is 4.79 Å². The van der Waals surface area contributed by atoms with E-state index in [1.54, 1.807) is 0 Å². The van der Waals surface area contributed by atoms with E-state index in [1.165, 1.54) is 12.3 Å². The van der Waals surface area contributed by atoms with Crippen LogP contribution in [0.2, 0.25) is 0 Å². The molecule has 1 heterocycles. The van der Waals surface area contributed by atoms with Gasteiger partial charge in [0.15, 0.2) is 6.04 Å². The highest BCUT2D eigenvalue weighted by Crippen LogP contribution is 1.96. The molecule has 0 saturated heterocycles. The van der Waals surface area contributed by atoms with Crippen molar-refractivity contribution >= 4 is 11.9 Å². The molecule has 0 aliphatic heterocycles. The molecule has 0 aliphatic rings. The maximum Gasteiger partial charge on any atom is 0.328 e. The summed E-state index contributed by atoms with van der Waals surface area (Å²) in [5.41, 5.74) is 0. The molecule has 0 aromatic carbocycles. The Hall–Kier alpha value is -1.89. The summed E-state index contributed by atoms with van der Waals surface area (Å²) in [5, 5.41) is 22.4. The van der Waals surface area contributed by atoms with Crippen molar-refractivity contribution in [2.45, 2.75) is 6.04 Å². The average Bonchev–Trinajstić information content (AvgIpc) is 2.65. The van der Waals surface area contributed by atoms with Crippen LogP contribution in [-0.4, -0.2) is 39.9 Å². The number of carbonyl (C=O) groups excluding carboxylic acids is 1. The maximum atomic E-state index is 11.2. The number of carboxylic acid groups (broad SMARTS) is 1. The molecule has 7 heteroatoms. The van der Waals surface area contributed by atoms with E-state index in [-0.39, 0.29) is 5.76 Å². The first-order chi connectivity index (χ1) is 6.65. The van der Waals surface area contributed by atoms with Crippen molar-refractivity contribution < 1.29 is 24.3 Å². The van der Waals surface area contributed by atoms with Crippen LogP contribution in [0.4, 0.5) is 0 Å². The number of amides is 1. The van der Waals surface area contributed by atoms with Crippen LogP contribution in [0.5, 0.6) is 0 Å². The summed E-state index contributed by atoms with van der Waals surface area (Å²) in [5.74, 6) is -2.16. The third-order valence-corrected chi connectivity index (χ3v) is 1.45. The number of carboxylic acids is 1. The fourth-order valence-electron chi connectivity index (χ4n) is 0.748. The minimum absolute atomic E-state index is 0.107. The Labute approximate surface area is 78.3 Å². The Balaban J connectivity index is 2.60. The van der Waals surface area contributed by atoms with E-state index in [1.807, 2.05) is 5.32 Å². The summed E-state index contributed by atoms with van der Waals surface area (Å²) in [6.45, 7) is -0.685. The van der Waals surface area contributed by atoms with E-state index < -0.39 is 24.5 Å². The Morgan fingerprint density at radius 2 is 2.36 bits per heavy atom. The molecule has 1 rings (SSSR count). The molecule has 76 valence electrons. The van der Waals surface area contributed by atoms with Gasteiger partial charge in [0.25, 0.3) is 5.91 Å². The fourth-order valence-corrected chi connectivity index (χ4v) is 0.748. The molecule has 7 nitrogen and oxygen atoms in total. The predicted octanol–water partition coefficient (Wildman–Crippen LogP) is -1.15. The SMILES string of the molecule is O=C(NC(CO)C(=O)O)c1ccno1. The van der Waals surface area contributed by atoms with Crippen LogP contribution in [0.3, 0.4) is 0 Å². The van der Waals surface area contributed by atoms with Gasteiger partial charge in [-0.2, -0.15) is 0 Å². The molecule has 1 atom stereocenters. The number of aliphatic carboxylic acids is 1. The van der Waals surface area contributed by atoms with Gasteiger partial charge in [-0.3, -0.25) is 4.79 Å². The lowest BCUT2D eigenvalue weighted by atomic mass is 10.3. The largest absolute Gasteiger partial charge is 0.480 e. The smallest absolute Gasteiger partial charge is 0.328 e. The Morgan fingerprint density at radius 3 is 2.79 bits per heavy atom. The minimum atomic E-state index is -1.34. The van der Waals surface area contributed by atoms with Crippen LogP contribution >= 0.6 is 0 Å². The molecule has 3 N–H and O–H groups in total. The van der Waals surface area contributed by atoms with Crippen molar-refractivity contribution in [1.29, 1.82) is 0 Å². The quantitative estimate of drug-likeness (QED) is 0.565. The van der Waals surface area contributed by atoms with Gasteiger partial charge < -0.3 is 20.1 Å². The van der Waals surface area contributed by atoms with Crippen molar-refractivity contribution in [1.82, 2.24) is 10.5 Å². The van der Waals surface area contributed by atoms with Crippen molar-refractivity contribution in [3.8, 4) is 0 Å². The van der Waals surface area contributed by atoms with E-state index >= 15 is 0 Å². The van der Waals surface area contributed by atoms with Crippen LogP contribution < -0.4 is 5.32 Å². The maximum absolute atomic E-state index is 11.2. The number of nitrogens with zero attached hydrogens (tertiary/aromatic N) is 1. The summed E-state index contributed by atoms with van der Waals surface area (Å²) in [4.78, 5) is 21.6. The topological polar surface area (TPSA) is 113 Å². The van der Waals surface area contributed by atoms with Gasteiger partial charge in [-0.05, 0) is 0 Å². The van der Waals surface area contributed by atoms with Gasteiger partial charge in [-0.1, -0.05) is 5.16 Å². The van der Waals surface area contributed by atoms with Gasteiger partial charge >= 0.3 is 5.97 Å². The molecule has 1 aromatic rings. The molecule has 14 heavy (non-hydrogen) atoms. The molecule has 0 aliphatic carbocycles. The summed E-state index contributed by atoms with van der Waals surface area (Å²) in [6.07, 6.45) is 1.25. The molecule has 1 aromatic heterocycles. The minimum Gasteiger partial charge on any atom is -0.480 e. The second-order valence-corrected chi connectivity index (χ2v) is 2.42. The van der Waals surface area contributed by atoms with E-state index in [0.717, 1.165) is 0 Å². The number of carbonyl (C=O) groups is 2. The average molecular weight is 200 g/mol. The number of hydrogen-bond acceptors (Lipinski definition) is 5. The van der Waals surface area contributed by atoms with Crippen LogP contribution in [0.15, 0.2) is 16.8 Å². The van der Waals surface area contributed by atoms with Gasteiger partial charge in [0.1, 0.15) is 0 Å².